The Morgan fingerprint density at radius 3 is 2.30 bits per heavy atom. The number of benzene rings is 1. The van der Waals surface area contributed by atoms with Crippen molar-refractivity contribution in [1.29, 1.82) is 0 Å². The minimum absolute atomic E-state index is 0.0852. The number of hydrogen-bond donors (Lipinski definition) is 3. The molecule has 0 spiro atoms. The minimum Gasteiger partial charge on any atom is -0.481 e. The van der Waals surface area contributed by atoms with Crippen molar-refractivity contribution in [2.45, 2.75) is 25.3 Å². The van der Waals surface area contributed by atoms with E-state index >= 15 is 0 Å². The molecule has 0 bridgehead atoms. The molecule has 6 nitrogen and oxygen atoms in total. The van der Waals surface area contributed by atoms with E-state index in [0.29, 0.717) is 5.56 Å². The number of carboxylic acids is 2. The second-order valence-electron chi connectivity index (χ2n) is 4.35. The van der Waals surface area contributed by atoms with Gasteiger partial charge in [0.05, 0.1) is 6.54 Å². The molecule has 0 heterocycles. The molecule has 20 heavy (non-hydrogen) atoms. The molecule has 0 aliphatic heterocycles. The van der Waals surface area contributed by atoms with Gasteiger partial charge in [-0.05, 0) is 12.8 Å². The van der Waals surface area contributed by atoms with Crippen molar-refractivity contribution < 1.29 is 24.6 Å². The molecule has 0 aliphatic carbocycles. The van der Waals surface area contributed by atoms with Crippen LogP contribution in [0.3, 0.4) is 0 Å². The maximum atomic E-state index is 11.8. The molecule has 1 aromatic rings. The minimum atomic E-state index is -1.09. The average molecular weight is 279 g/mol. The van der Waals surface area contributed by atoms with Crippen LogP contribution in [-0.2, 0) is 9.59 Å². The van der Waals surface area contributed by atoms with Crippen LogP contribution in [0.2, 0.25) is 0 Å². The predicted octanol–water partition coefficient (Wildman–Crippen LogP) is 1.17. The summed E-state index contributed by atoms with van der Waals surface area (Å²) in [6, 6.07) is 7.65. The van der Waals surface area contributed by atoms with E-state index in [9.17, 15) is 14.4 Å². The monoisotopic (exact) mass is 279 g/mol. The number of aliphatic carboxylic acids is 2. The lowest BCUT2D eigenvalue weighted by molar-refractivity contribution is -0.141. The number of ketones is 1. The molecule has 0 aromatic heterocycles. The molecule has 1 aromatic carbocycles. The number of nitrogens with one attached hydrogen (secondary N) is 1. The Morgan fingerprint density at radius 1 is 1.10 bits per heavy atom. The first-order valence-electron chi connectivity index (χ1n) is 6.27. The van der Waals surface area contributed by atoms with Crippen molar-refractivity contribution in [3.8, 4) is 0 Å². The summed E-state index contributed by atoms with van der Waals surface area (Å²) >= 11 is 0. The molecule has 0 aliphatic rings. The molecule has 1 rings (SSSR count). The van der Waals surface area contributed by atoms with Gasteiger partial charge >= 0.3 is 11.9 Å². The van der Waals surface area contributed by atoms with Gasteiger partial charge in [0.2, 0.25) is 0 Å². The van der Waals surface area contributed by atoms with E-state index < -0.39 is 18.0 Å². The van der Waals surface area contributed by atoms with E-state index in [1.54, 1.807) is 30.3 Å². The average Bonchev–Trinajstić information content (AvgIpc) is 2.42. The molecule has 0 fully saturated rings. The summed E-state index contributed by atoms with van der Waals surface area (Å²) in [7, 11) is 0. The van der Waals surface area contributed by atoms with Gasteiger partial charge in [0, 0.05) is 12.0 Å². The van der Waals surface area contributed by atoms with Gasteiger partial charge in [-0.25, -0.2) is 0 Å². The van der Waals surface area contributed by atoms with E-state index in [-0.39, 0.29) is 31.6 Å². The number of carbonyl (C=O) groups is 3. The van der Waals surface area contributed by atoms with Crippen LogP contribution in [0.1, 0.15) is 29.6 Å². The predicted molar refractivity (Wildman–Crippen MR) is 71.7 cm³/mol. The molecule has 6 heteroatoms. The highest BCUT2D eigenvalue weighted by Gasteiger charge is 2.18. The summed E-state index contributed by atoms with van der Waals surface area (Å²) in [5.41, 5.74) is 0.509. The van der Waals surface area contributed by atoms with Gasteiger partial charge in [0.1, 0.15) is 6.04 Å². The number of hydrogen-bond acceptors (Lipinski definition) is 4. The van der Waals surface area contributed by atoms with Crippen molar-refractivity contribution in [1.82, 2.24) is 5.32 Å². The third kappa shape index (κ3) is 5.62. The Bertz CT molecular complexity index is 472. The molecule has 0 amide bonds. The Hall–Kier alpha value is -2.21. The van der Waals surface area contributed by atoms with Gasteiger partial charge in [-0.15, -0.1) is 0 Å². The first-order valence-corrected chi connectivity index (χ1v) is 6.27. The van der Waals surface area contributed by atoms with Crippen LogP contribution in [0.5, 0.6) is 0 Å². The summed E-state index contributed by atoms with van der Waals surface area (Å²) in [4.78, 5) is 33.2. The first-order chi connectivity index (χ1) is 9.50. The fraction of sp³-hybridized carbons (Fsp3) is 0.357. The molecule has 1 atom stereocenters. The number of rotatable bonds is 9. The van der Waals surface area contributed by atoms with Crippen molar-refractivity contribution in [2.24, 2.45) is 0 Å². The molecule has 0 saturated carbocycles. The van der Waals surface area contributed by atoms with Crippen LogP contribution >= 0.6 is 0 Å². The molecule has 108 valence electrons. The number of carboxylic acid groups (broad SMARTS) is 2. The Morgan fingerprint density at radius 2 is 1.75 bits per heavy atom. The number of carbonyl (C=O) groups excluding carboxylic acids is 1. The van der Waals surface area contributed by atoms with Gasteiger partial charge < -0.3 is 10.2 Å². The molecule has 0 saturated heterocycles. The molecule has 3 N–H and O–H groups in total. The lowest BCUT2D eigenvalue weighted by Crippen LogP contribution is -2.39. The van der Waals surface area contributed by atoms with Crippen LogP contribution in [0.4, 0.5) is 0 Å². The van der Waals surface area contributed by atoms with Gasteiger partial charge in [0.25, 0.3) is 0 Å². The zero-order valence-corrected chi connectivity index (χ0v) is 10.9. The van der Waals surface area contributed by atoms with Crippen molar-refractivity contribution >= 4 is 17.7 Å². The fourth-order valence-electron chi connectivity index (χ4n) is 1.71. The second-order valence-corrected chi connectivity index (χ2v) is 4.35. The molecular weight excluding hydrogens is 262 g/mol. The quantitative estimate of drug-likeness (QED) is 0.586. The van der Waals surface area contributed by atoms with Gasteiger partial charge in [-0.2, -0.15) is 0 Å². The van der Waals surface area contributed by atoms with E-state index in [1.807, 2.05) is 0 Å². The normalized spacial score (nSPS) is 11.8. The molecular formula is C14H17NO5. The van der Waals surface area contributed by atoms with Crippen molar-refractivity contribution in [3.05, 3.63) is 35.9 Å². The van der Waals surface area contributed by atoms with E-state index in [4.69, 9.17) is 10.2 Å². The van der Waals surface area contributed by atoms with Crippen LogP contribution in [-0.4, -0.2) is 40.5 Å². The first kappa shape index (κ1) is 15.8. The SMILES string of the molecule is O=C(O)CCCC(NCC(=O)c1ccccc1)C(=O)O. The largest absolute Gasteiger partial charge is 0.481 e. The lowest BCUT2D eigenvalue weighted by atomic mass is 10.1. The summed E-state index contributed by atoms with van der Waals surface area (Å²) in [5.74, 6) is -2.25. The topological polar surface area (TPSA) is 104 Å². The molecule has 1 unspecified atom stereocenters. The third-order valence-corrected chi connectivity index (χ3v) is 2.79. The van der Waals surface area contributed by atoms with Gasteiger partial charge in [-0.1, -0.05) is 30.3 Å². The zero-order valence-electron chi connectivity index (χ0n) is 10.9. The maximum absolute atomic E-state index is 11.8. The highest BCUT2D eigenvalue weighted by atomic mass is 16.4. The summed E-state index contributed by atoms with van der Waals surface area (Å²) in [6.07, 6.45) is 0.334. The molecule has 0 radical (unpaired) electrons. The highest BCUT2D eigenvalue weighted by Crippen LogP contribution is 2.03. The van der Waals surface area contributed by atoms with Crippen LogP contribution in [0.25, 0.3) is 0 Å². The van der Waals surface area contributed by atoms with E-state index in [1.165, 1.54) is 0 Å². The van der Waals surface area contributed by atoms with Crippen LogP contribution in [0, 0.1) is 0 Å². The summed E-state index contributed by atoms with van der Waals surface area (Å²) < 4.78 is 0. The van der Waals surface area contributed by atoms with Gasteiger partial charge in [0.15, 0.2) is 5.78 Å². The maximum Gasteiger partial charge on any atom is 0.320 e. The Balaban J connectivity index is 2.44. The summed E-state index contributed by atoms with van der Waals surface area (Å²) in [6.45, 7) is -0.0892. The highest BCUT2D eigenvalue weighted by molar-refractivity contribution is 5.97. The van der Waals surface area contributed by atoms with Crippen LogP contribution in [0.15, 0.2) is 30.3 Å². The van der Waals surface area contributed by atoms with Crippen molar-refractivity contribution in [3.63, 3.8) is 0 Å². The lowest BCUT2D eigenvalue weighted by Gasteiger charge is -2.13. The summed E-state index contributed by atoms with van der Waals surface area (Å²) in [5, 5.41) is 20.2. The fourth-order valence-corrected chi connectivity index (χ4v) is 1.71. The van der Waals surface area contributed by atoms with E-state index in [0.717, 1.165) is 0 Å². The third-order valence-electron chi connectivity index (χ3n) is 2.79. The number of Topliss-reactive ketones (excluding diaryl/α,β-unsaturated/α-hetero) is 1. The standard InChI is InChI=1S/C14H17NO5/c16-12(10-5-2-1-3-6-10)9-15-11(14(19)20)7-4-8-13(17)18/h1-3,5-6,11,15H,4,7-9H2,(H,17,18)(H,19,20). The van der Waals surface area contributed by atoms with E-state index in [2.05, 4.69) is 5.32 Å². The smallest absolute Gasteiger partial charge is 0.320 e. The van der Waals surface area contributed by atoms with Crippen molar-refractivity contribution in [2.75, 3.05) is 6.54 Å². The van der Waals surface area contributed by atoms with Gasteiger partial charge in [-0.3, -0.25) is 19.7 Å². The zero-order chi connectivity index (χ0) is 15.0. The van der Waals surface area contributed by atoms with Crippen LogP contribution < -0.4 is 5.32 Å². The second kappa shape index (κ2) is 8.06. The Kier molecular flexibility index (Phi) is 6.39. The Labute approximate surface area is 116 Å².